The van der Waals surface area contributed by atoms with Crippen LogP contribution in [-0.4, -0.2) is 11.5 Å². The molecule has 0 fully saturated rings. The molecule has 0 aliphatic carbocycles. The van der Waals surface area contributed by atoms with E-state index in [0.717, 1.165) is 23.3 Å². The molecule has 0 aliphatic rings. The first-order chi connectivity index (χ1) is 9.08. The summed E-state index contributed by atoms with van der Waals surface area (Å²) < 4.78 is 26.6. The highest BCUT2D eigenvalue weighted by Crippen LogP contribution is 2.21. The van der Waals surface area contributed by atoms with Gasteiger partial charge in [-0.25, -0.2) is 13.8 Å². The van der Waals surface area contributed by atoms with Gasteiger partial charge in [-0.2, -0.15) is 0 Å². The van der Waals surface area contributed by atoms with Crippen molar-refractivity contribution in [2.45, 2.75) is 26.3 Å². The van der Waals surface area contributed by atoms with Crippen LogP contribution < -0.4 is 5.32 Å². The third-order valence-corrected chi connectivity index (χ3v) is 3.64. The first-order valence-corrected chi connectivity index (χ1v) is 7.07. The maximum Gasteiger partial charge on any atom is 0.126 e. The molecule has 0 saturated carbocycles. The van der Waals surface area contributed by atoms with E-state index in [1.807, 2.05) is 19.2 Å². The van der Waals surface area contributed by atoms with Crippen LogP contribution in [0.25, 0.3) is 0 Å². The first-order valence-electron chi connectivity index (χ1n) is 6.19. The zero-order chi connectivity index (χ0) is 13.8. The predicted molar refractivity (Wildman–Crippen MR) is 73.3 cm³/mol. The minimum absolute atomic E-state index is 0.128. The van der Waals surface area contributed by atoms with Crippen LogP contribution in [0.15, 0.2) is 23.6 Å². The van der Waals surface area contributed by atoms with Crippen LogP contribution >= 0.6 is 11.3 Å². The van der Waals surface area contributed by atoms with E-state index in [1.165, 1.54) is 12.1 Å². The molecule has 1 atom stereocenters. The number of aryl methyl sites for hydroxylation is 1. The molecule has 1 unspecified atom stereocenters. The predicted octanol–water partition coefficient (Wildman–Crippen LogP) is 3.62. The molecular weight excluding hydrogens is 266 g/mol. The van der Waals surface area contributed by atoms with Crippen molar-refractivity contribution >= 4 is 11.3 Å². The lowest BCUT2D eigenvalue weighted by Crippen LogP contribution is -2.23. The van der Waals surface area contributed by atoms with Gasteiger partial charge in [0.25, 0.3) is 0 Å². The Labute approximate surface area is 115 Å². The highest BCUT2D eigenvalue weighted by Gasteiger charge is 2.15. The molecule has 2 rings (SSSR count). The Morgan fingerprint density at radius 1 is 1.26 bits per heavy atom. The van der Waals surface area contributed by atoms with E-state index in [2.05, 4.69) is 10.3 Å². The van der Waals surface area contributed by atoms with Gasteiger partial charge in [-0.1, -0.05) is 6.92 Å². The van der Waals surface area contributed by atoms with Crippen molar-refractivity contribution in [3.8, 4) is 0 Å². The third-order valence-electron chi connectivity index (χ3n) is 2.82. The van der Waals surface area contributed by atoms with Gasteiger partial charge in [-0.15, -0.1) is 11.3 Å². The second-order valence-electron chi connectivity index (χ2n) is 4.38. The van der Waals surface area contributed by atoms with Crippen LogP contribution in [0.3, 0.4) is 0 Å². The van der Waals surface area contributed by atoms with Gasteiger partial charge in [-0.05, 0) is 31.2 Å². The van der Waals surface area contributed by atoms with Gasteiger partial charge in [-0.3, -0.25) is 0 Å². The second-order valence-corrected chi connectivity index (χ2v) is 5.44. The number of aromatic nitrogens is 1. The van der Waals surface area contributed by atoms with Crippen LogP contribution in [0.4, 0.5) is 8.78 Å². The molecule has 0 bridgehead atoms. The smallest absolute Gasteiger partial charge is 0.126 e. The second kappa shape index (κ2) is 6.21. The summed E-state index contributed by atoms with van der Waals surface area (Å²) in [5, 5.41) is 6.22. The summed E-state index contributed by atoms with van der Waals surface area (Å²) in [5.74, 6) is -1.10. The number of nitrogens with one attached hydrogen (secondary N) is 1. The van der Waals surface area contributed by atoms with Crippen LogP contribution in [0.1, 0.15) is 29.2 Å². The molecule has 0 aliphatic heterocycles. The largest absolute Gasteiger partial charge is 0.310 e. The van der Waals surface area contributed by atoms with Crippen molar-refractivity contribution in [2.75, 3.05) is 6.54 Å². The van der Waals surface area contributed by atoms with Gasteiger partial charge in [0.05, 0.1) is 10.7 Å². The minimum atomic E-state index is -0.549. The monoisotopic (exact) mass is 282 g/mol. The third kappa shape index (κ3) is 3.81. The summed E-state index contributed by atoms with van der Waals surface area (Å²) in [6.07, 6.45) is 0.626. The molecule has 2 nitrogen and oxygen atoms in total. The minimum Gasteiger partial charge on any atom is -0.310 e. The van der Waals surface area contributed by atoms with Crippen LogP contribution in [0, 0.1) is 18.6 Å². The maximum absolute atomic E-state index is 13.3. The summed E-state index contributed by atoms with van der Waals surface area (Å²) in [6.45, 7) is 4.64. The average molecular weight is 282 g/mol. The highest BCUT2D eigenvalue weighted by molar-refractivity contribution is 7.09. The topological polar surface area (TPSA) is 24.9 Å². The zero-order valence-electron chi connectivity index (χ0n) is 10.9. The van der Waals surface area contributed by atoms with Crippen molar-refractivity contribution in [2.24, 2.45) is 0 Å². The molecule has 1 aromatic carbocycles. The number of hydrogen-bond acceptors (Lipinski definition) is 3. The fraction of sp³-hybridized carbons (Fsp3) is 0.357. The van der Waals surface area contributed by atoms with Crippen molar-refractivity contribution in [3.05, 3.63) is 51.5 Å². The summed E-state index contributed by atoms with van der Waals surface area (Å²) in [5.41, 5.74) is 1.56. The van der Waals surface area contributed by atoms with E-state index in [1.54, 1.807) is 11.3 Å². The SMILES string of the molecule is CCNC(Cc1csc(C)n1)c1cc(F)cc(F)c1. The molecule has 19 heavy (non-hydrogen) atoms. The van der Waals surface area contributed by atoms with Gasteiger partial charge >= 0.3 is 0 Å². The lowest BCUT2D eigenvalue weighted by atomic mass is 10.0. The van der Waals surface area contributed by atoms with E-state index >= 15 is 0 Å². The number of thiazole rings is 1. The normalized spacial score (nSPS) is 12.6. The van der Waals surface area contributed by atoms with E-state index in [0.29, 0.717) is 12.0 Å². The quantitative estimate of drug-likeness (QED) is 0.906. The van der Waals surface area contributed by atoms with Crippen LogP contribution in [0.5, 0.6) is 0 Å². The molecule has 0 amide bonds. The number of benzene rings is 1. The summed E-state index contributed by atoms with van der Waals surface area (Å²) in [4.78, 5) is 4.39. The Balaban J connectivity index is 2.23. The van der Waals surface area contributed by atoms with Gasteiger partial charge in [0.2, 0.25) is 0 Å². The Kier molecular flexibility index (Phi) is 4.61. The number of nitrogens with zero attached hydrogens (tertiary/aromatic N) is 1. The van der Waals surface area contributed by atoms with Crippen LogP contribution in [0.2, 0.25) is 0 Å². The molecule has 2 aromatic rings. The standard InChI is InChI=1S/C14H16F2N2S/c1-3-17-14(7-13-8-19-9(2)18-13)10-4-11(15)6-12(16)5-10/h4-6,8,14,17H,3,7H2,1-2H3. The van der Waals surface area contributed by atoms with Gasteiger partial charge < -0.3 is 5.32 Å². The summed E-state index contributed by atoms with van der Waals surface area (Å²) in [6, 6.07) is 3.50. The van der Waals surface area contributed by atoms with Gasteiger partial charge in [0.1, 0.15) is 11.6 Å². The number of halogens is 2. The van der Waals surface area contributed by atoms with Gasteiger partial charge in [0.15, 0.2) is 0 Å². The molecule has 102 valence electrons. The molecule has 5 heteroatoms. The molecule has 0 spiro atoms. The Morgan fingerprint density at radius 3 is 2.47 bits per heavy atom. The first kappa shape index (κ1) is 14.1. The van der Waals surface area contributed by atoms with E-state index in [-0.39, 0.29) is 6.04 Å². The van der Waals surface area contributed by atoms with Crippen molar-refractivity contribution < 1.29 is 8.78 Å². The average Bonchev–Trinajstić information content (AvgIpc) is 2.73. The molecular formula is C14H16F2N2S. The fourth-order valence-corrected chi connectivity index (χ4v) is 2.67. The summed E-state index contributed by atoms with van der Waals surface area (Å²) in [7, 11) is 0. The van der Waals surface area contributed by atoms with Crippen molar-refractivity contribution in [1.82, 2.24) is 10.3 Å². The number of hydrogen-bond donors (Lipinski definition) is 1. The summed E-state index contributed by atoms with van der Waals surface area (Å²) >= 11 is 1.58. The van der Waals surface area contributed by atoms with E-state index in [9.17, 15) is 8.78 Å². The van der Waals surface area contributed by atoms with Gasteiger partial charge in [0, 0.05) is 23.9 Å². The molecule has 1 N–H and O–H groups in total. The number of likely N-dealkylation sites (N-methyl/N-ethyl adjacent to an activating group) is 1. The van der Waals surface area contributed by atoms with E-state index in [4.69, 9.17) is 0 Å². The lowest BCUT2D eigenvalue weighted by Gasteiger charge is -2.17. The van der Waals surface area contributed by atoms with Crippen molar-refractivity contribution in [3.63, 3.8) is 0 Å². The number of rotatable bonds is 5. The maximum atomic E-state index is 13.3. The Morgan fingerprint density at radius 2 is 1.95 bits per heavy atom. The fourth-order valence-electron chi connectivity index (χ4n) is 2.04. The molecule has 0 saturated heterocycles. The van der Waals surface area contributed by atoms with E-state index < -0.39 is 11.6 Å². The molecule has 1 heterocycles. The Hall–Kier alpha value is -1.33. The lowest BCUT2D eigenvalue weighted by molar-refractivity contribution is 0.526. The Bertz CT molecular complexity index is 534. The van der Waals surface area contributed by atoms with Crippen molar-refractivity contribution in [1.29, 1.82) is 0 Å². The molecule has 1 aromatic heterocycles. The highest BCUT2D eigenvalue weighted by atomic mass is 32.1. The zero-order valence-corrected chi connectivity index (χ0v) is 11.7. The molecule has 0 radical (unpaired) electrons. The van der Waals surface area contributed by atoms with Crippen LogP contribution in [-0.2, 0) is 6.42 Å².